The number of carbonyl (C=O) groups is 2. The third-order valence-electron chi connectivity index (χ3n) is 6.23. The number of aromatic amines is 1. The molecule has 1 aromatic rings. The largest absolute Gasteiger partial charge is 0.376 e. The van der Waals surface area contributed by atoms with Gasteiger partial charge >= 0.3 is 0 Å². The van der Waals surface area contributed by atoms with Crippen LogP contribution in [0.15, 0.2) is 0 Å². The Morgan fingerprint density at radius 3 is 2.64 bits per heavy atom. The number of likely N-dealkylation sites (tertiary alicyclic amines) is 1. The van der Waals surface area contributed by atoms with Crippen LogP contribution in [-0.4, -0.2) is 59.3 Å². The number of ether oxygens (including phenoxy) is 1. The molecule has 0 bridgehead atoms. The molecule has 1 aromatic heterocycles. The predicted octanol–water partition coefficient (Wildman–Crippen LogP) is 2.27. The fraction of sp³-hybridized carbons (Fsp3) is 0.762. The van der Waals surface area contributed by atoms with Gasteiger partial charge in [0.15, 0.2) is 0 Å². The second-order valence-electron chi connectivity index (χ2n) is 8.22. The Morgan fingerprint density at radius 2 is 2.00 bits per heavy atom. The highest BCUT2D eigenvalue weighted by Gasteiger charge is 2.24. The highest BCUT2D eigenvalue weighted by atomic mass is 16.5. The summed E-state index contributed by atoms with van der Waals surface area (Å²) in [6.45, 7) is 7.11. The van der Waals surface area contributed by atoms with E-state index in [1.807, 2.05) is 18.7 Å². The van der Waals surface area contributed by atoms with Crippen LogP contribution in [0.5, 0.6) is 0 Å². The van der Waals surface area contributed by atoms with E-state index in [1.165, 1.54) is 0 Å². The molecule has 3 rings (SSSR count). The number of nitrogens with zero attached hydrogens (tertiary/aromatic N) is 2. The molecule has 2 saturated heterocycles. The van der Waals surface area contributed by atoms with Crippen molar-refractivity contribution in [3.8, 4) is 0 Å². The monoisotopic (exact) mass is 390 g/mol. The van der Waals surface area contributed by atoms with Crippen LogP contribution in [0.1, 0.15) is 61.9 Å². The number of aryl methyl sites for hydroxylation is 2. The maximum Gasteiger partial charge on any atom is 0.222 e. The highest BCUT2D eigenvalue weighted by Crippen LogP contribution is 2.23. The summed E-state index contributed by atoms with van der Waals surface area (Å²) >= 11 is 0. The molecule has 0 spiro atoms. The molecule has 2 aliphatic heterocycles. The van der Waals surface area contributed by atoms with Crippen LogP contribution in [0.2, 0.25) is 0 Å². The van der Waals surface area contributed by atoms with Gasteiger partial charge in [-0.1, -0.05) is 0 Å². The van der Waals surface area contributed by atoms with Crippen molar-refractivity contribution in [2.45, 2.75) is 71.3 Å². The number of carbonyl (C=O) groups excluding carboxylic acids is 2. The molecule has 0 saturated carbocycles. The Balaban J connectivity index is 1.29. The van der Waals surface area contributed by atoms with E-state index in [0.717, 1.165) is 68.8 Å². The van der Waals surface area contributed by atoms with Crippen molar-refractivity contribution < 1.29 is 14.3 Å². The topological polar surface area (TPSA) is 87.3 Å². The van der Waals surface area contributed by atoms with Crippen LogP contribution in [0, 0.1) is 19.8 Å². The lowest BCUT2D eigenvalue weighted by molar-refractivity contribution is -0.132. The first kappa shape index (κ1) is 20.8. The van der Waals surface area contributed by atoms with Crippen molar-refractivity contribution in [1.82, 2.24) is 20.4 Å². The summed E-state index contributed by atoms with van der Waals surface area (Å²) in [5, 5.41) is 10.3. The number of amides is 2. The molecule has 0 radical (unpaired) electrons. The molecule has 2 fully saturated rings. The first-order valence-electron chi connectivity index (χ1n) is 10.7. The average Bonchev–Trinajstić information content (AvgIpc) is 3.34. The van der Waals surface area contributed by atoms with Crippen LogP contribution in [0.4, 0.5) is 0 Å². The minimum Gasteiger partial charge on any atom is -0.376 e. The summed E-state index contributed by atoms with van der Waals surface area (Å²) < 4.78 is 5.53. The van der Waals surface area contributed by atoms with Gasteiger partial charge < -0.3 is 15.0 Å². The Kier molecular flexibility index (Phi) is 7.48. The van der Waals surface area contributed by atoms with E-state index in [2.05, 4.69) is 15.5 Å². The lowest BCUT2D eigenvalue weighted by Gasteiger charge is -2.32. The summed E-state index contributed by atoms with van der Waals surface area (Å²) in [5.41, 5.74) is 3.22. The van der Waals surface area contributed by atoms with Gasteiger partial charge in [-0.15, -0.1) is 0 Å². The van der Waals surface area contributed by atoms with E-state index in [4.69, 9.17) is 4.74 Å². The number of aromatic nitrogens is 2. The summed E-state index contributed by atoms with van der Waals surface area (Å²) in [7, 11) is 0. The highest BCUT2D eigenvalue weighted by molar-refractivity contribution is 5.76. The Bertz CT molecular complexity index is 659. The van der Waals surface area contributed by atoms with Crippen molar-refractivity contribution >= 4 is 11.8 Å². The van der Waals surface area contributed by atoms with Crippen molar-refractivity contribution in [3.05, 3.63) is 17.0 Å². The second-order valence-corrected chi connectivity index (χ2v) is 8.22. The van der Waals surface area contributed by atoms with Crippen LogP contribution in [-0.2, 0) is 20.7 Å². The normalized spacial score (nSPS) is 20.5. The molecule has 7 nitrogen and oxygen atoms in total. The molecule has 2 aliphatic rings. The molecular formula is C21H34N4O3. The van der Waals surface area contributed by atoms with Crippen molar-refractivity contribution in [1.29, 1.82) is 0 Å². The van der Waals surface area contributed by atoms with Crippen molar-refractivity contribution in [2.24, 2.45) is 5.92 Å². The maximum absolute atomic E-state index is 12.5. The molecule has 7 heteroatoms. The molecular weight excluding hydrogens is 356 g/mol. The molecule has 156 valence electrons. The van der Waals surface area contributed by atoms with E-state index >= 15 is 0 Å². The number of hydrogen-bond donors (Lipinski definition) is 2. The standard InChI is InChI=1S/C21H34N4O3/c1-15-16(2)23-24-19(15)6-8-21(27)25-11-9-17(10-12-25)5-7-20(26)22-14-18-4-3-13-28-18/h17-18H,3-14H2,1-2H3,(H,22,26)(H,23,24)/t18-/m1/s1. The summed E-state index contributed by atoms with van der Waals surface area (Å²) in [6.07, 6.45) is 7.02. The van der Waals surface area contributed by atoms with E-state index in [0.29, 0.717) is 31.7 Å². The van der Waals surface area contributed by atoms with Crippen LogP contribution < -0.4 is 5.32 Å². The van der Waals surface area contributed by atoms with Gasteiger partial charge in [-0.25, -0.2) is 0 Å². The van der Waals surface area contributed by atoms with Gasteiger partial charge in [-0.05, 0) is 57.4 Å². The lowest BCUT2D eigenvalue weighted by atomic mass is 9.92. The fourth-order valence-corrected chi connectivity index (χ4v) is 4.09. The molecule has 0 unspecified atom stereocenters. The number of hydrogen-bond acceptors (Lipinski definition) is 4. The second kappa shape index (κ2) is 10.0. The van der Waals surface area contributed by atoms with Gasteiger partial charge in [0.25, 0.3) is 0 Å². The zero-order chi connectivity index (χ0) is 19.9. The predicted molar refractivity (Wildman–Crippen MR) is 107 cm³/mol. The Morgan fingerprint density at radius 1 is 1.21 bits per heavy atom. The number of nitrogens with one attached hydrogen (secondary N) is 2. The van der Waals surface area contributed by atoms with Gasteiger partial charge in [0.1, 0.15) is 0 Å². The van der Waals surface area contributed by atoms with Gasteiger partial charge in [0, 0.05) is 51.2 Å². The van der Waals surface area contributed by atoms with Gasteiger partial charge in [0.05, 0.1) is 11.8 Å². The smallest absolute Gasteiger partial charge is 0.222 e. The zero-order valence-corrected chi connectivity index (χ0v) is 17.3. The average molecular weight is 391 g/mol. The maximum atomic E-state index is 12.5. The fourth-order valence-electron chi connectivity index (χ4n) is 4.09. The van der Waals surface area contributed by atoms with Crippen LogP contribution in [0.3, 0.4) is 0 Å². The quantitative estimate of drug-likeness (QED) is 0.713. The molecule has 0 aromatic carbocycles. The van der Waals surface area contributed by atoms with Gasteiger partial charge in [-0.3, -0.25) is 14.7 Å². The third kappa shape index (κ3) is 5.80. The SMILES string of the molecule is Cc1[nH]nc(CCC(=O)N2CCC(CCC(=O)NC[C@H]3CCCO3)CC2)c1C. The van der Waals surface area contributed by atoms with Crippen LogP contribution in [0.25, 0.3) is 0 Å². The van der Waals surface area contributed by atoms with Gasteiger partial charge in [0.2, 0.25) is 11.8 Å². The number of H-pyrrole nitrogens is 1. The molecule has 28 heavy (non-hydrogen) atoms. The molecule has 3 heterocycles. The minimum atomic E-state index is 0.124. The number of piperidine rings is 1. The molecule has 2 N–H and O–H groups in total. The molecule has 1 atom stereocenters. The van der Waals surface area contributed by atoms with E-state index in [1.54, 1.807) is 0 Å². The lowest BCUT2D eigenvalue weighted by Crippen LogP contribution is -2.39. The summed E-state index contributed by atoms with van der Waals surface area (Å²) in [4.78, 5) is 26.5. The minimum absolute atomic E-state index is 0.124. The third-order valence-corrected chi connectivity index (χ3v) is 6.23. The Hall–Kier alpha value is -1.89. The number of rotatable bonds is 8. The van der Waals surface area contributed by atoms with Crippen LogP contribution >= 0.6 is 0 Å². The first-order chi connectivity index (χ1) is 13.5. The zero-order valence-electron chi connectivity index (χ0n) is 17.3. The summed E-state index contributed by atoms with van der Waals surface area (Å²) in [5.74, 6) is 0.875. The van der Waals surface area contributed by atoms with Crippen molar-refractivity contribution in [2.75, 3.05) is 26.2 Å². The van der Waals surface area contributed by atoms with E-state index < -0.39 is 0 Å². The molecule has 0 aliphatic carbocycles. The first-order valence-corrected chi connectivity index (χ1v) is 10.7. The van der Waals surface area contributed by atoms with Crippen molar-refractivity contribution in [3.63, 3.8) is 0 Å². The van der Waals surface area contributed by atoms with Gasteiger partial charge in [-0.2, -0.15) is 5.10 Å². The van der Waals surface area contributed by atoms with E-state index in [9.17, 15) is 9.59 Å². The van der Waals surface area contributed by atoms with E-state index in [-0.39, 0.29) is 17.9 Å². The molecule has 2 amide bonds. The summed E-state index contributed by atoms with van der Waals surface area (Å²) in [6, 6.07) is 0. The Labute approximate surface area is 167 Å².